The van der Waals surface area contributed by atoms with Gasteiger partial charge < -0.3 is 17.6 Å². The molecule has 4 nitrogen and oxygen atoms in total. The molecule has 0 bridgehead atoms. The molecule has 0 radical (unpaired) electrons. The average Bonchev–Trinajstić information content (AvgIpc) is 2.11. The molecule has 58 valence electrons. The van der Waals surface area contributed by atoms with E-state index in [1.165, 1.54) is 0 Å². The van der Waals surface area contributed by atoms with Crippen molar-refractivity contribution < 1.29 is 0 Å². The highest BCUT2D eigenvalue weighted by atomic mass is 32.1. The van der Waals surface area contributed by atoms with E-state index in [4.69, 9.17) is 5.41 Å². The summed E-state index contributed by atoms with van der Waals surface area (Å²) in [4.78, 5) is 0. The third-order valence-corrected chi connectivity index (χ3v) is 1.05. The minimum absolute atomic E-state index is 0. The Bertz CT molecular complexity index is 127. The zero-order chi connectivity index (χ0) is 7.11. The van der Waals surface area contributed by atoms with Crippen molar-refractivity contribution in [2.24, 2.45) is 11.5 Å². The maximum Gasteiger partial charge on any atom is 0.183 e. The molecular weight excluding hydrogens is 148 g/mol. The largest absolute Gasteiger partial charge is 0.370 e. The Morgan fingerprint density at radius 3 is 1.60 bits per heavy atom. The number of nitrogens with two attached hydrogens (primary N) is 2. The predicted octanol–water partition coefficient (Wildman–Crippen LogP) is 0.749. The van der Waals surface area contributed by atoms with Crippen LogP contribution >= 0.6 is 11.3 Å². The molecule has 0 aliphatic carbocycles. The average molecular weight is 160 g/mol. The fourth-order valence-corrected chi connectivity index (χ4v) is 0.680. The first kappa shape index (κ1) is 11.7. The first-order valence-corrected chi connectivity index (χ1v) is 3.24. The molecule has 0 saturated carbocycles. The molecule has 1 aromatic heterocycles. The molecule has 0 spiro atoms. The highest BCUT2D eigenvalue weighted by molar-refractivity contribution is 7.07. The van der Waals surface area contributed by atoms with Crippen LogP contribution in [0.15, 0.2) is 22.9 Å². The van der Waals surface area contributed by atoms with Crippen LogP contribution in [-0.2, 0) is 0 Å². The molecule has 0 fully saturated rings. The van der Waals surface area contributed by atoms with Crippen molar-refractivity contribution >= 4 is 17.3 Å². The second-order valence-electron chi connectivity index (χ2n) is 1.25. The molecule has 0 aliphatic heterocycles. The molecule has 0 amide bonds. The van der Waals surface area contributed by atoms with Crippen molar-refractivity contribution in [1.29, 1.82) is 5.41 Å². The first-order chi connectivity index (χ1) is 4.23. The van der Waals surface area contributed by atoms with Crippen molar-refractivity contribution in [1.82, 2.24) is 6.15 Å². The summed E-state index contributed by atoms with van der Waals surface area (Å²) in [5.74, 6) is -0.333. The third-order valence-electron chi connectivity index (χ3n) is 0.425. The predicted molar refractivity (Wildman–Crippen MR) is 45.4 cm³/mol. The van der Waals surface area contributed by atoms with Crippen LogP contribution in [0.3, 0.4) is 0 Å². The zero-order valence-electron chi connectivity index (χ0n) is 5.58. The van der Waals surface area contributed by atoms with Crippen LogP contribution in [0.5, 0.6) is 0 Å². The standard InChI is InChI=1S/C4H4S.CH5N3.H3N/c1-2-4-5-3-1;2-1(3)4;/h1-4H;(H5,2,3,4);1H3. The number of nitrogens with one attached hydrogen (secondary N) is 1. The van der Waals surface area contributed by atoms with Gasteiger partial charge in [0.25, 0.3) is 0 Å². The van der Waals surface area contributed by atoms with E-state index < -0.39 is 0 Å². The van der Waals surface area contributed by atoms with Crippen molar-refractivity contribution in [3.05, 3.63) is 22.9 Å². The lowest BCUT2D eigenvalue weighted by Crippen LogP contribution is -2.20. The topological polar surface area (TPSA) is 111 Å². The normalized spacial score (nSPS) is 6.40. The Kier molecular flexibility index (Phi) is 9.27. The van der Waals surface area contributed by atoms with E-state index in [1.54, 1.807) is 11.3 Å². The third kappa shape index (κ3) is 15.8. The molecule has 0 saturated heterocycles. The lowest BCUT2D eigenvalue weighted by atomic mass is 10.7. The second-order valence-corrected chi connectivity index (χ2v) is 2.06. The van der Waals surface area contributed by atoms with Crippen LogP contribution in [0.2, 0.25) is 0 Å². The minimum Gasteiger partial charge on any atom is -0.370 e. The van der Waals surface area contributed by atoms with Crippen molar-refractivity contribution in [3.63, 3.8) is 0 Å². The van der Waals surface area contributed by atoms with E-state index in [0.717, 1.165) is 0 Å². The van der Waals surface area contributed by atoms with Crippen molar-refractivity contribution in [2.75, 3.05) is 0 Å². The van der Waals surface area contributed by atoms with E-state index >= 15 is 0 Å². The number of guanidine groups is 1. The molecule has 0 atom stereocenters. The highest BCUT2D eigenvalue weighted by Gasteiger charge is 1.58. The van der Waals surface area contributed by atoms with E-state index in [-0.39, 0.29) is 12.1 Å². The molecule has 1 heterocycles. The Morgan fingerprint density at radius 1 is 1.20 bits per heavy atom. The van der Waals surface area contributed by atoms with Crippen LogP contribution in [0.1, 0.15) is 0 Å². The van der Waals surface area contributed by atoms with Gasteiger partial charge in [-0.3, -0.25) is 5.41 Å². The van der Waals surface area contributed by atoms with E-state index in [1.807, 2.05) is 22.9 Å². The van der Waals surface area contributed by atoms with Gasteiger partial charge in [-0.05, 0) is 10.8 Å². The van der Waals surface area contributed by atoms with E-state index in [9.17, 15) is 0 Å². The SMILES string of the molecule is N.N=C(N)N.c1ccsc1. The van der Waals surface area contributed by atoms with Crippen molar-refractivity contribution in [2.45, 2.75) is 0 Å². The highest BCUT2D eigenvalue weighted by Crippen LogP contribution is 1.91. The fraction of sp³-hybridized carbons (Fsp3) is 0. The van der Waals surface area contributed by atoms with Crippen LogP contribution < -0.4 is 17.6 Å². The molecule has 0 aromatic carbocycles. The van der Waals surface area contributed by atoms with Crippen molar-refractivity contribution in [3.8, 4) is 0 Å². The molecule has 5 heteroatoms. The smallest absolute Gasteiger partial charge is 0.183 e. The number of thiophene rings is 1. The Morgan fingerprint density at radius 2 is 1.50 bits per heavy atom. The number of hydrogen-bond donors (Lipinski definition) is 4. The van der Waals surface area contributed by atoms with Gasteiger partial charge in [-0.2, -0.15) is 11.3 Å². The lowest BCUT2D eigenvalue weighted by Gasteiger charge is -1.69. The van der Waals surface area contributed by atoms with Crippen LogP contribution in [0.25, 0.3) is 0 Å². The number of rotatable bonds is 0. The summed E-state index contributed by atoms with van der Waals surface area (Å²) in [6, 6.07) is 4.04. The summed E-state index contributed by atoms with van der Waals surface area (Å²) in [7, 11) is 0. The Labute approximate surface area is 63.9 Å². The minimum atomic E-state index is -0.333. The van der Waals surface area contributed by atoms with E-state index in [0.29, 0.717) is 0 Å². The van der Waals surface area contributed by atoms with Gasteiger partial charge in [0.05, 0.1) is 0 Å². The summed E-state index contributed by atoms with van der Waals surface area (Å²) < 4.78 is 0. The lowest BCUT2D eigenvalue weighted by molar-refractivity contribution is 1.39. The molecule has 1 rings (SSSR count). The summed E-state index contributed by atoms with van der Waals surface area (Å²) >= 11 is 1.71. The van der Waals surface area contributed by atoms with E-state index in [2.05, 4.69) is 11.5 Å². The van der Waals surface area contributed by atoms with Gasteiger partial charge >= 0.3 is 0 Å². The number of hydrogen-bond acceptors (Lipinski definition) is 3. The maximum absolute atomic E-state index is 6.06. The first-order valence-electron chi connectivity index (χ1n) is 2.30. The van der Waals surface area contributed by atoms with Crippen LogP contribution in [0, 0.1) is 5.41 Å². The van der Waals surface area contributed by atoms with Gasteiger partial charge in [0.15, 0.2) is 5.96 Å². The van der Waals surface area contributed by atoms with Gasteiger partial charge in [0.1, 0.15) is 0 Å². The molecule has 0 unspecified atom stereocenters. The summed E-state index contributed by atoms with van der Waals surface area (Å²) in [5, 5.41) is 10.1. The van der Waals surface area contributed by atoms with Gasteiger partial charge in [0, 0.05) is 0 Å². The molecular formula is C5H12N4S. The summed E-state index contributed by atoms with van der Waals surface area (Å²) in [5.41, 5.74) is 8.94. The molecule has 1 aromatic rings. The Balaban J connectivity index is 0. The molecule has 10 heavy (non-hydrogen) atoms. The van der Waals surface area contributed by atoms with Gasteiger partial charge in [-0.1, -0.05) is 12.1 Å². The van der Waals surface area contributed by atoms with Gasteiger partial charge in [-0.25, -0.2) is 0 Å². The van der Waals surface area contributed by atoms with Crippen LogP contribution in [-0.4, -0.2) is 5.96 Å². The van der Waals surface area contributed by atoms with Gasteiger partial charge in [-0.15, -0.1) is 0 Å². The van der Waals surface area contributed by atoms with Crippen LogP contribution in [0.4, 0.5) is 0 Å². The summed E-state index contributed by atoms with van der Waals surface area (Å²) in [6.07, 6.45) is 0. The monoisotopic (exact) mass is 160 g/mol. The fourth-order valence-electron chi connectivity index (χ4n) is 0.227. The zero-order valence-corrected chi connectivity index (χ0v) is 6.40. The molecule has 8 N–H and O–H groups in total. The second kappa shape index (κ2) is 7.93. The quantitative estimate of drug-likeness (QED) is 0.332. The molecule has 0 aliphatic rings. The van der Waals surface area contributed by atoms with Gasteiger partial charge in [0.2, 0.25) is 0 Å². The summed E-state index contributed by atoms with van der Waals surface area (Å²) in [6.45, 7) is 0. The Hall–Kier alpha value is -1.07. The maximum atomic E-state index is 6.06.